The first-order chi connectivity index (χ1) is 18.4. The number of amides is 1. The van der Waals surface area contributed by atoms with Gasteiger partial charge in [0, 0.05) is 30.1 Å². The molecule has 0 saturated heterocycles. The molecule has 1 amide bonds. The highest BCUT2D eigenvalue weighted by Crippen LogP contribution is 2.40. The number of rotatable bonds is 7. The van der Waals surface area contributed by atoms with Crippen molar-refractivity contribution in [3.63, 3.8) is 0 Å². The average Bonchev–Trinajstić information content (AvgIpc) is 2.91. The molecule has 4 rings (SSSR count). The first kappa shape index (κ1) is 28.7. The Kier molecular flexibility index (Phi) is 8.69. The van der Waals surface area contributed by atoms with Crippen LogP contribution in [-0.4, -0.2) is 11.9 Å². The monoisotopic (exact) mass is 548 g/mol. The minimum atomic E-state index is -4.93. The second-order valence-corrected chi connectivity index (χ2v) is 10.1. The summed E-state index contributed by atoms with van der Waals surface area (Å²) < 4.78 is 80.4. The summed E-state index contributed by atoms with van der Waals surface area (Å²) in [5.74, 6) is -1.26. The number of nitrogens with one attached hydrogen (secondary N) is 2. The van der Waals surface area contributed by atoms with Crippen LogP contribution < -0.4 is 10.6 Å². The van der Waals surface area contributed by atoms with Crippen molar-refractivity contribution < 1.29 is 31.1 Å². The van der Waals surface area contributed by atoms with Gasteiger partial charge in [-0.1, -0.05) is 55.5 Å². The normalized spacial score (nSPS) is 18.9. The van der Waals surface area contributed by atoms with Gasteiger partial charge in [-0.2, -0.15) is 26.3 Å². The molecular weight excluding hydrogens is 518 g/mol. The zero-order valence-electron chi connectivity index (χ0n) is 21.4. The van der Waals surface area contributed by atoms with Gasteiger partial charge in [0.1, 0.15) is 0 Å². The van der Waals surface area contributed by atoms with E-state index in [1.54, 1.807) is 24.3 Å². The number of carbonyl (C=O) groups is 1. The minimum Gasteiger partial charge on any atom is -0.326 e. The number of hydrogen-bond acceptors (Lipinski definition) is 2. The lowest BCUT2D eigenvalue weighted by Gasteiger charge is -2.29. The van der Waals surface area contributed by atoms with Gasteiger partial charge in [-0.15, -0.1) is 0 Å². The summed E-state index contributed by atoms with van der Waals surface area (Å²) >= 11 is 0. The Morgan fingerprint density at radius 1 is 0.821 bits per heavy atom. The molecule has 39 heavy (non-hydrogen) atoms. The Hall–Kier alpha value is -3.33. The van der Waals surface area contributed by atoms with Gasteiger partial charge in [0.15, 0.2) is 0 Å². The molecule has 0 radical (unpaired) electrons. The molecule has 0 aliphatic heterocycles. The molecule has 9 heteroatoms. The standard InChI is InChI=1S/C30H30F6N2O/c1-19(22-15-23(29(31,32)33)17-24(16-22)30(34,35)36)26-9-5-6-10-27(26)38-28(39)21-11-13-25(14-12-21)37-18-20-7-3-2-4-8-20/h2-10,15-17,19,21,25,37H,11-14,18H2,1H3,(H,38,39). The van der Waals surface area contributed by atoms with E-state index >= 15 is 0 Å². The number of anilines is 1. The van der Waals surface area contributed by atoms with Crippen molar-refractivity contribution >= 4 is 11.6 Å². The molecule has 2 N–H and O–H groups in total. The Morgan fingerprint density at radius 3 is 1.97 bits per heavy atom. The van der Waals surface area contributed by atoms with E-state index in [0.717, 1.165) is 31.5 Å². The number of carbonyl (C=O) groups excluding carboxylic acids is 1. The summed E-state index contributed by atoms with van der Waals surface area (Å²) in [7, 11) is 0. The van der Waals surface area contributed by atoms with Crippen LogP contribution in [0.3, 0.4) is 0 Å². The molecule has 3 nitrogen and oxygen atoms in total. The van der Waals surface area contributed by atoms with Crippen LogP contribution >= 0.6 is 0 Å². The van der Waals surface area contributed by atoms with E-state index in [9.17, 15) is 31.1 Å². The van der Waals surface area contributed by atoms with Gasteiger partial charge in [-0.05, 0) is 66.6 Å². The lowest BCUT2D eigenvalue weighted by molar-refractivity contribution is -0.143. The van der Waals surface area contributed by atoms with E-state index in [4.69, 9.17) is 0 Å². The molecule has 1 atom stereocenters. The summed E-state index contributed by atoms with van der Waals surface area (Å²) in [5.41, 5.74) is -0.853. The maximum absolute atomic E-state index is 13.4. The van der Waals surface area contributed by atoms with Gasteiger partial charge in [-0.3, -0.25) is 4.79 Å². The fraction of sp³-hybridized carbons (Fsp3) is 0.367. The molecule has 0 aromatic heterocycles. The number of para-hydroxylation sites is 1. The van der Waals surface area contributed by atoms with Crippen LogP contribution in [0.2, 0.25) is 0 Å². The topological polar surface area (TPSA) is 41.1 Å². The third-order valence-electron chi connectivity index (χ3n) is 7.33. The van der Waals surface area contributed by atoms with Gasteiger partial charge in [0.05, 0.1) is 11.1 Å². The third kappa shape index (κ3) is 7.41. The predicted octanol–water partition coefficient (Wildman–Crippen LogP) is 8.16. The second kappa shape index (κ2) is 11.8. The first-order valence-corrected chi connectivity index (χ1v) is 12.9. The Morgan fingerprint density at radius 2 is 1.38 bits per heavy atom. The van der Waals surface area contributed by atoms with E-state index in [0.29, 0.717) is 30.1 Å². The Balaban J connectivity index is 1.45. The Labute approximate surface area is 223 Å². The van der Waals surface area contributed by atoms with E-state index in [-0.39, 0.29) is 23.5 Å². The highest BCUT2D eigenvalue weighted by atomic mass is 19.4. The highest BCUT2D eigenvalue weighted by molar-refractivity contribution is 5.93. The zero-order chi connectivity index (χ0) is 28.2. The first-order valence-electron chi connectivity index (χ1n) is 12.9. The average molecular weight is 549 g/mol. The lowest BCUT2D eigenvalue weighted by Crippen LogP contribution is -2.36. The maximum atomic E-state index is 13.4. The Bertz CT molecular complexity index is 1230. The van der Waals surface area contributed by atoms with Crippen molar-refractivity contribution in [2.75, 3.05) is 5.32 Å². The van der Waals surface area contributed by atoms with Crippen molar-refractivity contribution in [1.82, 2.24) is 5.32 Å². The molecule has 0 spiro atoms. The smallest absolute Gasteiger partial charge is 0.326 e. The second-order valence-electron chi connectivity index (χ2n) is 10.1. The van der Waals surface area contributed by atoms with Crippen LogP contribution in [-0.2, 0) is 23.7 Å². The van der Waals surface area contributed by atoms with E-state index in [1.165, 1.54) is 12.5 Å². The van der Waals surface area contributed by atoms with E-state index < -0.39 is 29.4 Å². The van der Waals surface area contributed by atoms with Gasteiger partial charge in [-0.25, -0.2) is 0 Å². The van der Waals surface area contributed by atoms with Crippen molar-refractivity contribution in [2.24, 2.45) is 5.92 Å². The van der Waals surface area contributed by atoms with Crippen molar-refractivity contribution in [3.8, 4) is 0 Å². The van der Waals surface area contributed by atoms with Crippen LogP contribution in [0.25, 0.3) is 0 Å². The number of benzene rings is 3. The molecule has 1 unspecified atom stereocenters. The van der Waals surface area contributed by atoms with Crippen molar-refractivity contribution in [3.05, 3.63) is 101 Å². The number of alkyl halides is 6. The molecule has 1 aliphatic rings. The minimum absolute atomic E-state index is 0.120. The summed E-state index contributed by atoms with van der Waals surface area (Å²) in [6.07, 6.45) is -6.85. The molecule has 1 aliphatic carbocycles. The zero-order valence-corrected chi connectivity index (χ0v) is 21.4. The maximum Gasteiger partial charge on any atom is 0.416 e. The van der Waals surface area contributed by atoms with Gasteiger partial charge in [0.2, 0.25) is 5.91 Å². The van der Waals surface area contributed by atoms with E-state index in [2.05, 4.69) is 10.6 Å². The van der Waals surface area contributed by atoms with Crippen LogP contribution in [0, 0.1) is 5.92 Å². The summed E-state index contributed by atoms with van der Waals surface area (Å²) in [6, 6.07) is 18.5. The van der Waals surface area contributed by atoms with Gasteiger partial charge in [0.25, 0.3) is 0 Å². The van der Waals surface area contributed by atoms with Crippen LogP contribution in [0.15, 0.2) is 72.8 Å². The van der Waals surface area contributed by atoms with Gasteiger partial charge < -0.3 is 10.6 Å². The SMILES string of the molecule is CC(c1cc(C(F)(F)F)cc(C(F)(F)F)c1)c1ccccc1NC(=O)C1CCC(NCc2ccccc2)CC1. The molecule has 0 bridgehead atoms. The van der Waals surface area contributed by atoms with Crippen molar-refractivity contribution in [1.29, 1.82) is 0 Å². The van der Waals surface area contributed by atoms with Crippen LogP contribution in [0.1, 0.15) is 66.3 Å². The third-order valence-corrected chi connectivity index (χ3v) is 7.33. The summed E-state index contributed by atoms with van der Waals surface area (Å²) in [6.45, 7) is 2.28. The lowest BCUT2D eigenvalue weighted by atomic mass is 9.85. The summed E-state index contributed by atoms with van der Waals surface area (Å²) in [4.78, 5) is 13.1. The molecule has 0 heterocycles. The van der Waals surface area contributed by atoms with Crippen LogP contribution in [0.5, 0.6) is 0 Å². The van der Waals surface area contributed by atoms with E-state index in [1.807, 2.05) is 30.3 Å². The number of hydrogen-bond donors (Lipinski definition) is 2. The summed E-state index contributed by atoms with van der Waals surface area (Å²) in [5, 5.41) is 6.42. The predicted molar refractivity (Wildman–Crippen MR) is 138 cm³/mol. The number of halogens is 6. The molecule has 3 aromatic carbocycles. The molecule has 1 saturated carbocycles. The fourth-order valence-corrected chi connectivity index (χ4v) is 5.05. The van der Waals surface area contributed by atoms with Crippen LogP contribution in [0.4, 0.5) is 32.0 Å². The molecule has 208 valence electrons. The molecule has 1 fully saturated rings. The molecule has 3 aromatic rings. The quantitative estimate of drug-likeness (QED) is 0.293. The highest BCUT2D eigenvalue weighted by Gasteiger charge is 2.37. The fourth-order valence-electron chi connectivity index (χ4n) is 5.05. The van der Waals surface area contributed by atoms with Crippen molar-refractivity contribution in [2.45, 2.75) is 63.5 Å². The largest absolute Gasteiger partial charge is 0.416 e. The molecular formula is C30H30F6N2O. The van der Waals surface area contributed by atoms with Gasteiger partial charge >= 0.3 is 12.4 Å².